The Morgan fingerprint density at radius 2 is 1.67 bits per heavy atom. The fraction of sp³-hybridized carbons (Fsp3) is 0.400. The van der Waals surface area contributed by atoms with E-state index < -0.39 is 0 Å². The zero-order valence-electron chi connectivity index (χ0n) is 7.80. The Morgan fingerprint density at radius 3 is 2.00 bits per heavy atom. The minimum absolute atomic E-state index is 1.09. The van der Waals surface area contributed by atoms with Crippen molar-refractivity contribution in [2.75, 3.05) is 0 Å². The average molecular weight is 203 g/mol. The Bertz CT molecular complexity index is 170. The van der Waals surface area contributed by atoms with Crippen LogP contribution in [0.4, 0.5) is 0 Å². The van der Waals surface area contributed by atoms with Crippen molar-refractivity contribution in [3.05, 3.63) is 29.8 Å². The van der Waals surface area contributed by atoms with Gasteiger partial charge < -0.3 is 0 Å². The quantitative estimate of drug-likeness (QED) is 0.680. The topological polar surface area (TPSA) is 0 Å². The molecule has 0 fully saturated rings. The summed E-state index contributed by atoms with van der Waals surface area (Å²) >= 11 is 0. The molecule has 0 unspecified atom stereocenters. The molecule has 1 aromatic carbocycles. The van der Waals surface area contributed by atoms with Gasteiger partial charge in [-0.15, -0.1) is 0 Å². The van der Waals surface area contributed by atoms with E-state index in [2.05, 4.69) is 19.1 Å². The lowest BCUT2D eigenvalue weighted by molar-refractivity contribution is 1.13. The van der Waals surface area contributed by atoms with Crippen LogP contribution in [0.3, 0.4) is 0 Å². The predicted molar refractivity (Wildman–Crippen MR) is 58.9 cm³/mol. The van der Waals surface area contributed by atoms with Gasteiger partial charge in [0.15, 0.2) is 0 Å². The molecule has 0 amide bonds. The van der Waals surface area contributed by atoms with Crippen LogP contribution in [-0.2, 0) is 6.42 Å². The van der Waals surface area contributed by atoms with E-state index in [4.69, 9.17) is 10.7 Å². The molecule has 0 saturated heterocycles. The summed E-state index contributed by atoms with van der Waals surface area (Å²) in [6.07, 6.45) is 1.09. The summed E-state index contributed by atoms with van der Waals surface area (Å²) in [6, 6.07) is 8.28. The van der Waals surface area contributed by atoms with Gasteiger partial charge in [-0.2, -0.15) is 0 Å². The summed E-state index contributed by atoms with van der Waals surface area (Å²) in [7, 11) is 6.80. The summed E-state index contributed by atoms with van der Waals surface area (Å²) in [5, 5.41) is 0. The van der Waals surface area contributed by atoms with Gasteiger partial charge in [-0.25, -0.2) is 0 Å². The molecule has 12 heavy (non-hydrogen) atoms. The maximum atomic E-state index is 5.54. The molecule has 0 radical (unpaired) electrons. The Kier molecular flexibility index (Phi) is 7.42. The SMILES string of the molecule is CC.CCc1ccc(SCl)cc1. The number of rotatable bonds is 2. The Hall–Kier alpha value is -0.140. The molecule has 0 spiro atoms. The highest BCUT2D eigenvalue weighted by Crippen LogP contribution is 2.21. The smallest absolute Gasteiger partial charge is 0.0233 e. The zero-order valence-corrected chi connectivity index (χ0v) is 9.38. The first-order valence-corrected chi connectivity index (χ1v) is 5.88. The van der Waals surface area contributed by atoms with E-state index >= 15 is 0 Å². The van der Waals surface area contributed by atoms with E-state index in [0.29, 0.717) is 0 Å². The molecular formula is C10H15ClS. The Labute approximate surface area is 83.8 Å². The lowest BCUT2D eigenvalue weighted by Crippen LogP contribution is -1.76. The molecule has 0 saturated carbocycles. The Morgan fingerprint density at radius 1 is 1.17 bits per heavy atom. The van der Waals surface area contributed by atoms with Gasteiger partial charge >= 0.3 is 0 Å². The highest BCUT2D eigenvalue weighted by molar-refractivity contribution is 8.21. The number of halogens is 1. The van der Waals surface area contributed by atoms with Gasteiger partial charge in [-0.3, -0.25) is 0 Å². The summed E-state index contributed by atoms with van der Waals surface area (Å²) in [6.45, 7) is 6.14. The van der Waals surface area contributed by atoms with Crippen LogP contribution in [0.25, 0.3) is 0 Å². The molecule has 68 valence electrons. The minimum atomic E-state index is 1.09. The molecule has 0 atom stereocenters. The summed E-state index contributed by atoms with van der Waals surface area (Å²) < 4.78 is 0. The maximum absolute atomic E-state index is 5.54. The van der Waals surface area contributed by atoms with Crippen LogP contribution >= 0.6 is 21.7 Å². The van der Waals surface area contributed by atoms with E-state index in [1.807, 2.05) is 26.0 Å². The number of aryl methyl sites for hydroxylation is 1. The van der Waals surface area contributed by atoms with E-state index in [0.717, 1.165) is 11.3 Å². The Balaban J connectivity index is 0.000000561. The summed E-state index contributed by atoms with van der Waals surface area (Å²) in [4.78, 5) is 1.11. The first-order valence-electron chi connectivity index (χ1n) is 4.24. The van der Waals surface area contributed by atoms with E-state index in [9.17, 15) is 0 Å². The van der Waals surface area contributed by atoms with Crippen molar-refractivity contribution in [1.29, 1.82) is 0 Å². The standard InChI is InChI=1S/C8H9ClS.C2H6/c1-2-7-3-5-8(10-9)6-4-7;1-2/h3-6H,2H2,1H3;1-2H3. The zero-order chi connectivity index (χ0) is 9.40. The first-order chi connectivity index (χ1) is 5.86. The second kappa shape index (κ2) is 7.51. The lowest BCUT2D eigenvalue weighted by Gasteiger charge is -1.95. The molecule has 1 rings (SSSR count). The third-order valence-corrected chi connectivity index (χ3v) is 2.41. The molecule has 0 aliphatic carbocycles. The molecule has 2 heteroatoms. The number of hydrogen-bond acceptors (Lipinski definition) is 1. The second-order valence-corrected chi connectivity index (χ2v) is 3.16. The molecular weight excluding hydrogens is 188 g/mol. The van der Waals surface area contributed by atoms with Crippen molar-refractivity contribution >= 4 is 21.7 Å². The molecule has 0 N–H and O–H groups in total. The van der Waals surface area contributed by atoms with Gasteiger partial charge in [0.25, 0.3) is 0 Å². The van der Waals surface area contributed by atoms with Crippen LogP contribution in [0.15, 0.2) is 29.2 Å². The first kappa shape index (κ1) is 11.9. The van der Waals surface area contributed by atoms with Crippen LogP contribution in [-0.4, -0.2) is 0 Å². The fourth-order valence-electron chi connectivity index (χ4n) is 0.777. The third kappa shape index (κ3) is 4.03. The number of hydrogen-bond donors (Lipinski definition) is 0. The fourth-order valence-corrected chi connectivity index (χ4v) is 1.32. The number of benzene rings is 1. The van der Waals surface area contributed by atoms with Gasteiger partial charge in [-0.05, 0) is 45.8 Å². The van der Waals surface area contributed by atoms with Crippen LogP contribution in [0.1, 0.15) is 26.3 Å². The second-order valence-electron chi connectivity index (χ2n) is 2.07. The van der Waals surface area contributed by atoms with Crippen molar-refractivity contribution in [3.63, 3.8) is 0 Å². The van der Waals surface area contributed by atoms with Crippen LogP contribution in [0.2, 0.25) is 0 Å². The van der Waals surface area contributed by atoms with Gasteiger partial charge in [0.1, 0.15) is 0 Å². The van der Waals surface area contributed by atoms with Crippen LogP contribution in [0, 0.1) is 0 Å². The highest BCUT2D eigenvalue weighted by atomic mass is 35.7. The summed E-state index contributed by atoms with van der Waals surface area (Å²) in [5.41, 5.74) is 1.36. The molecule has 0 bridgehead atoms. The van der Waals surface area contributed by atoms with Crippen molar-refractivity contribution < 1.29 is 0 Å². The van der Waals surface area contributed by atoms with Crippen molar-refractivity contribution in [1.82, 2.24) is 0 Å². The summed E-state index contributed by atoms with van der Waals surface area (Å²) in [5.74, 6) is 0. The molecule has 0 heterocycles. The minimum Gasteiger partial charge on any atom is -0.0683 e. The lowest BCUT2D eigenvalue weighted by atomic mass is 10.2. The van der Waals surface area contributed by atoms with Crippen molar-refractivity contribution in [3.8, 4) is 0 Å². The molecule has 0 aromatic heterocycles. The highest BCUT2D eigenvalue weighted by Gasteiger charge is 1.90. The largest absolute Gasteiger partial charge is 0.0683 e. The third-order valence-electron chi connectivity index (χ3n) is 1.42. The van der Waals surface area contributed by atoms with E-state index in [1.54, 1.807) is 0 Å². The predicted octanol–water partition coefficient (Wildman–Crippen LogP) is 4.52. The van der Waals surface area contributed by atoms with Crippen molar-refractivity contribution in [2.45, 2.75) is 32.1 Å². The maximum Gasteiger partial charge on any atom is 0.0233 e. The van der Waals surface area contributed by atoms with E-state index in [1.165, 1.54) is 16.5 Å². The molecule has 0 aliphatic heterocycles. The van der Waals surface area contributed by atoms with Gasteiger partial charge in [0.2, 0.25) is 0 Å². The average Bonchev–Trinajstić information content (AvgIpc) is 2.21. The van der Waals surface area contributed by atoms with Gasteiger partial charge in [0, 0.05) is 4.90 Å². The van der Waals surface area contributed by atoms with Gasteiger partial charge in [-0.1, -0.05) is 32.9 Å². The normalized spacial score (nSPS) is 8.67. The molecule has 0 nitrogen and oxygen atoms in total. The van der Waals surface area contributed by atoms with Crippen LogP contribution < -0.4 is 0 Å². The molecule has 0 aliphatic rings. The van der Waals surface area contributed by atoms with Crippen LogP contribution in [0.5, 0.6) is 0 Å². The van der Waals surface area contributed by atoms with E-state index in [-0.39, 0.29) is 0 Å². The van der Waals surface area contributed by atoms with Crippen molar-refractivity contribution in [2.24, 2.45) is 0 Å². The molecule has 1 aromatic rings. The monoisotopic (exact) mass is 202 g/mol. The van der Waals surface area contributed by atoms with Gasteiger partial charge in [0.05, 0.1) is 0 Å².